The Morgan fingerprint density at radius 2 is 1.76 bits per heavy atom. The van der Waals surface area contributed by atoms with E-state index in [1.54, 1.807) is 0 Å². The molecule has 3 fully saturated rings. The molecule has 0 bridgehead atoms. The Balaban J connectivity index is 1.37. The van der Waals surface area contributed by atoms with E-state index in [4.69, 9.17) is 4.98 Å². The molecule has 1 aromatic rings. The molecule has 8 nitrogen and oxygen atoms in total. The Hall–Kier alpha value is -2.22. The highest BCUT2D eigenvalue weighted by atomic mass is 16.2. The third-order valence-corrected chi connectivity index (χ3v) is 6.37. The van der Waals surface area contributed by atoms with Crippen molar-refractivity contribution in [2.24, 2.45) is 0 Å². The second-order valence-corrected chi connectivity index (χ2v) is 8.93. The first kappa shape index (κ1) is 20.1. The molecule has 1 aliphatic carbocycles. The molecule has 2 saturated heterocycles. The van der Waals surface area contributed by atoms with Gasteiger partial charge in [-0.15, -0.1) is 0 Å². The topological polar surface area (TPSA) is 81.7 Å². The molecule has 1 saturated carbocycles. The van der Waals surface area contributed by atoms with Crippen LogP contribution in [0.4, 0.5) is 10.6 Å². The maximum absolute atomic E-state index is 13.0. The largest absolute Gasteiger partial charge is 0.354 e. The van der Waals surface area contributed by atoms with E-state index in [9.17, 15) is 9.59 Å². The lowest BCUT2D eigenvalue weighted by atomic mass is 9.82. The minimum atomic E-state index is -0.636. The van der Waals surface area contributed by atoms with Gasteiger partial charge in [0.25, 0.3) is 5.91 Å². The van der Waals surface area contributed by atoms with Crippen molar-refractivity contribution in [2.45, 2.75) is 64.3 Å². The number of carbonyl (C=O) groups is 2. The second-order valence-electron chi connectivity index (χ2n) is 8.93. The van der Waals surface area contributed by atoms with Gasteiger partial charge in [0.15, 0.2) is 0 Å². The van der Waals surface area contributed by atoms with Gasteiger partial charge in [0.1, 0.15) is 17.2 Å². The molecular weight excluding hydrogens is 368 g/mol. The summed E-state index contributed by atoms with van der Waals surface area (Å²) < 4.78 is 0. The van der Waals surface area contributed by atoms with Crippen LogP contribution in [0.25, 0.3) is 0 Å². The number of piperazine rings is 1. The molecule has 0 aromatic carbocycles. The van der Waals surface area contributed by atoms with E-state index < -0.39 is 5.54 Å². The number of amides is 3. The Morgan fingerprint density at radius 3 is 2.41 bits per heavy atom. The number of nitrogens with one attached hydrogen (secondary N) is 1. The van der Waals surface area contributed by atoms with E-state index in [0.717, 1.165) is 75.6 Å². The van der Waals surface area contributed by atoms with Crippen molar-refractivity contribution in [3.8, 4) is 0 Å². The van der Waals surface area contributed by atoms with E-state index in [-0.39, 0.29) is 11.9 Å². The Morgan fingerprint density at radius 1 is 1.07 bits per heavy atom. The van der Waals surface area contributed by atoms with Crippen LogP contribution in [0.5, 0.6) is 0 Å². The number of aryl methyl sites for hydroxylation is 1. The lowest BCUT2D eigenvalue weighted by molar-refractivity contribution is -0.133. The molecule has 158 valence electrons. The average molecular weight is 401 g/mol. The summed E-state index contributed by atoms with van der Waals surface area (Å²) in [7, 11) is 0. The van der Waals surface area contributed by atoms with Gasteiger partial charge in [-0.3, -0.25) is 9.69 Å². The SMILES string of the molecule is Cc1cc(N2CCN(CN3C(=O)NC4(CCCCC4)C3=O)CC2)nc(C(C)C)n1. The highest BCUT2D eigenvalue weighted by Gasteiger charge is 2.51. The number of carbonyl (C=O) groups excluding carboxylic acids is 2. The quantitative estimate of drug-likeness (QED) is 0.781. The van der Waals surface area contributed by atoms with E-state index >= 15 is 0 Å². The zero-order valence-corrected chi connectivity index (χ0v) is 17.8. The number of nitrogens with zero attached hydrogens (tertiary/aromatic N) is 5. The number of hydrogen-bond donors (Lipinski definition) is 1. The van der Waals surface area contributed by atoms with E-state index in [0.29, 0.717) is 12.6 Å². The van der Waals surface area contributed by atoms with E-state index in [1.807, 2.05) is 13.0 Å². The van der Waals surface area contributed by atoms with Gasteiger partial charge in [-0.25, -0.2) is 19.7 Å². The van der Waals surface area contributed by atoms with Crippen LogP contribution in [0.3, 0.4) is 0 Å². The van der Waals surface area contributed by atoms with Crippen LogP contribution >= 0.6 is 0 Å². The van der Waals surface area contributed by atoms with Crippen molar-refractivity contribution >= 4 is 17.8 Å². The normalized spacial score (nSPS) is 22.6. The number of rotatable bonds is 4. The minimum Gasteiger partial charge on any atom is -0.354 e. The fraction of sp³-hybridized carbons (Fsp3) is 0.714. The molecule has 1 aromatic heterocycles. The molecule has 2 aliphatic heterocycles. The maximum Gasteiger partial charge on any atom is 0.326 e. The Kier molecular flexibility index (Phi) is 5.46. The fourth-order valence-electron chi connectivity index (χ4n) is 4.61. The van der Waals surface area contributed by atoms with Crippen LogP contribution in [-0.4, -0.2) is 70.1 Å². The van der Waals surface area contributed by atoms with Crippen LogP contribution in [0.1, 0.15) is 63.4 Å². The predicted molar refractivity (Wildman–Crippen MR) is 111 cm³/mol. The van der Waals surface area contributed by atoms with Crippen LogP contribution in [0.2, 0.25) is 0 Å². The Bertz CT molecular complexity index is 781. The first-order valence-electron chi connectivity index (χ1n) is 10.8. The lowest BCUT2D eigenvalue weighted by Gasteiger charge is -2.37. The number of aromatic nitrogens is 2. The third kappa shape index (κ3) is 3.95. The smallest absolute Gasteiger partial charge is 0.326 e. The van der Waals surface area contributed by atoms with Gasteiger partial charge >= 0.3 is 6.03 Å². The third-order valence-electron chi connectivity index (χ3n) is 6.37. The van der Waals surface area contributed by atoms with Crippen LogP contribution in [-0.2, 0) is 4.79 Å². The molecule has 3 aliphatic rings. The number of hydrogen-bond acceptors (Lipinski definition) is 6. The monoisotopic (exact) mass is 400 g/mol. The highest BCUT2D eigenvalue weighted by molar-refractivity contribution is 6.07. The van der Waals surface area contributed by atoms with Gasteiger partial charge in [0.05, 0.1) is 6.67 Å². The van der Waals surface area contributed by atoms with Crippen molar-refractivity contribution in [3.05, 3.63) is 17.6 Å². The van der Waals surface area contributed by atoms with E-state index in [2.05, 4.69) is 33.9 Å². The molecule has 0 unspecified atom stereocenters. The van der Waals surface area contributed by atoms with E-state index in [1.165, 1.54) is 4.90 Å². The van der Waals surface area contributed by atoms with Gasteiger partial charge < -0.3 is 10.2 Å². The molecular formula is C21H32N6O2. The van der Waals surface area contributed by atoms with Crippen molar-refractivity contribution in [3.63, 3.8) is 0 Å². The van der Waals surface area contributed by atoms with Gasteiger partial charge in [-0.1, -0.05) is 33.1 Å². The van der Waals surface area contributed by atoms with Crippen LogP contribution in [0, 0.1) is 6.92 Å². The first-order chi connectivity index (χ1) is 13.9. The summed E-state index contributed by atoms with van der Waals surface area (Å²) in [4.78, 5) is 40.6. The molecule has 3 amide bonds. The van der Waals surface area contributed by atoms with Crippen molar-refractivity contribution in [1.82, 2.24) is 25.1 Å². The van der Waals surface area contributed by atoms with Gasteiger partial charge in [0, 0.05) is 43.9 Å². The fourth-order valence-corrected chi connectivity index (χ4v) is 4.61. The van der Waals surface area contributed by atoms with Gasteiger partial charge in [0.2, 0.25) is 0 Å². The second kappa shape index (κ2) is 7.89. The maximum atomic E-state index is 13.0. The van der Waals surface area contributed by atoms with Gasteiger partial charge in [-0.05, 0) is 19.8 Å². The predicted octanol–water partition coefficient (Wildman–Crippen LogP) is 2.24. The molecule has 1 N–H and O–H groups in total. The summed E-state index contributed by atoms with van der Waals surface area (Å²) in [6, 6.07) is 1.80. The molecule has 8 heteroatoms. The Labute approximate surface area is 172 Å². The average Bonchev–Trinajstić information content (AvgIpc) is 2.92. The molecule has 1 spiro atoms. The summed E-state index contributed by atoms with van der Waals surface area (Å²) in [5, 5.41) is 3.00. The molecule has 4 rings (SSSR count). The van der Waals surface area contributed by atoms with Crippen molar-refractivity contribution in [2.75, 3.05) is 37.7 Å². The number of anilines is 1. The van der Waals surface area contributed by atoms with Crippen LogP contribution < -0.4 is 10.2 Å². The molecule has 3 heterocycles. The molecule has 0 radical (unpaired) electrons. The van der Waals surface area contributed by atoms with Crippen LogP contribution in [0.15, 0.2) is 6.07 Å². The standard InChI is InChI=1S/C21H32N6O2/c1-15(2)18-22-16(3)13-17(23-18)26-11-9-25(10-12-26)14-27-19(28)21(24-20(27)29)7-5-4-6-8-21/h13,15H,4-12,14H2,1-3H3,(H,24,29). The van der Waals surface area contributed by atoms with Crippen molar-refractivity contribution < 1.29 is 9.59 Å². The molecule has 0 atom stereocenters. The summed E-state index contributed by atoms with van der Waals surface area (Å²) in [6.07, 6.45) is 4.71. The molecule has 29 heavy (non-hydrogen) atoms. The zero-order chi connectivity index (χ0) is 20.6. The summed E-state index contributed by atoms with van der Waals surface area (Å²) in [5.41, 5.74) is 0.348. The van der Waals surface area contributed by atoms with Gasteiger partial charge in [-0.2, -0.15) is 0 Å². The summed E-state index contributed by atoms with van der Waals surface area (Å²) >= 11 is 0. The number of imide groups is 1. The summed E-state index contributed by atoms with van der Waals surface area (Å²) in [6.45, 7) is 9.83. The number of urea groups is 1. The van der Waals surface area contributed by atoms with Crippen molar-refractivity contribution in [1.29, 1.82) is 0 Å². The summed E-state index contributed by atoms with van der Waals surface area (Å²) in [5.74, 6) is 2.11. The lowest BCUT2D eigenvalue weighted by Crippen LogP contribution is -2.52. The highest BCUT2D eigenvalue weighted by Crippen LogP contribution is 2.33. The minimum absolute atomic E-state index is 0.0300. The first-order valence-corrected chi connectivity index (χ1v) is 10.8. The zero-order valence-electron chi connectivity index (χ0n) is 17.8.